The molecule has 0 aliphatic rings. The highest BCUT2D eigenvalue weighted by atomic mass is 15.1. The van der Waals surface area contributed by atoms with Crippen molar-refractivity contribution in [2.45, 2.75) is 6.92 Å². The first kappa shape index (κ1) is 11.3. The van der Waals surface area contributed by atoms with Gasteiger partial charge in [0.2, 0.25) is 0 Å². The van der Waals surface area contributed by atoms with Crippen molar-refractivity contribution in [1.29, 1.82) is 0 Å². The number of anilines is 2. The van der Waals surface area contributed by atoms with E-state index in [1.165, 1.54) is 0 Å². The van der Waals surface area contributed by atoms with E-state index in [0.717, 1.165) is 17.1 Å². The van der Waals surface area contributed by atoms with E-state index in [4.69, 9.17) is 5.73 Å². The zero-order valence-corrected chi connectivity index (χ0v) is 9.88. The SMILES string of the molecule is C/C(=C\N)N(c1ccccc1)c1ccccc1. The number of allylic oxidation sites excluding steroid dienone is 1. The molecule has 0 spiro atoms. The van der Waals surface area contributed by atoms with Gasteiger partial charge in [-0.15, -0.1) is 0 Å². The normalized spacial score (nSPS) is 11.2. The average molecular weight is 224 g/mol. The van der Waals surface area contributed by atoms with Crippen LogP contribution in [0.25, 0.3) is 0 Å². The molecule has 17 heavy (non-hydrogen) atoms. The summed E-state index contributed by atoms with van der Waals surface area (Å²) in [5.74, 6) is 0. The van der Waals surface area contributed by atoms with Gasteiger partial charge in [0.05, 0.1) is 0 Å². The number of rotatable bonds is 3. The Morgan fingerprint density at radius 2 is 1.29 bits per heavy atom. The topological polar surface area (TPSA) is 29.3 Å². The van der Waals surface area contributed by atoms with Crippen molar-refractivity contribution < 1.29 is 0 Å². The number of hydrogen-bond acceptors (Lipinski definition) is 2. The van der Waals surface area contributed by atoms with Gasteiger partial charge < -0.3 is 10.6 Å². The third-order valence-electron chi connectivity index (χ3n) is 2.62. The smallest absolute Gasteiger partial charge is 0.0458 e. The van der Waals surface area contributed by atoms with Gasteiger partial charge in [-0.3, -0.25) is 0 Å². The second kappa shape index (κ2) is 5.21. The van der Waals surface area contributed by atoms with E-state index in [1.807, 2.05) is 43.3 Å². The van der Waals surface area contributed by atoms with Gasteiger partial charge in [0.25, 0.3) is 0 Å². The Balaban J connectivity index is 2.47. The Hall–Kier alpha value is -2.22. The van der Waals surface area contributed by atoms with Crippen LogP contribution in [-0.2, 0) is 0 Å². The van der Waals surface area contributed by atoms with Crippen LogP contribution in [0.2, 0.25) is 0 Å². The van der Waals surface area contributed by atoms with E-state index < -0.39 is 0 Å². The van der Waals surface area contributed by atoms with Crippen LogP contribution >= 0.6 is 0 Å². The molecule has 0 unspecified atom stereocenters. The first-order chi connectivity index (χ1) is 8.33. The van der Waals surface area contributed by atoms with Crippen molar-refractivity contribution in [3.8, 4) is 0 Å². The minimum absolute atomic E-state index is 1.00. The lowest BCUT2D eigenvalue weighted by atomic mass is 10.2. The van der Waals surface area contributed by atoms with Crippen LogP contribution in [0.3, 0.4) is 0 Å². The summed E-state index contributed by atoms with van der Waals surface area (Å²) in [6, 6.07) is 20.4. The van der Waals surface area contributed by atoms with Gasteiger partial charge in [0, 0.05) is 23.3 Å². The van der Waals surface area contributed by atoms with Crippen LogP contribution in [0.15, 0.2) is 72.6 Å². The maximum Gasteiger partial charge on any atom is 0.0458 e. The lowest BCUT2D eigenvalue weighted by Gasteiger charge is -2.25. The van der Waals surface area contributed by atoms with Crippen molar-refractivity contribution in [1.82, 2.24) is 0 Å². The zero-order valence-electron chi connectivity index (χ0n) is 9.88. The number of nitrogens with zero attached hydrogens (tertiary/aromatic N) is 1. The van der Waals surface area contributed by atoms with Crippen molar-refractivity contribution >= 4 is 11.4 Å². The number of hydrogen-bond donors (Lipinski definition) is 1. The third kappa shape index (κ3) is 2.48. The van der Waals surface area contributed by atoms with Crippen LogP contribution in [0, 0.1) is 0 Å². The largest absolute Gasteiger partial charge is 0.403 e. The average Bonchev–Trinajstić information content (AvgIpc) is 2.41. The monoisotopic (exact) mass is 224 g/mol. The molecule has 0 radical (unpaired) electrons. The van der Waals surface area contributed by atoms with Gasteiger partial charge >= 0.3 is 0 Å². The van der Waals surface area contributed by atoms with Gasteiger partial charge in [-0.05, 0) is 31.2 Å². The molecule has 2 rings (SSSR count). The fourth-order valence-electron chi connectivity index (χ4n) is 1.79. The Labute approximate surface area is 102 Å². The minimum Gasteiger partial charge on any atom is -0.403 e. The molecule has 2 aromatic rings. The van der Waals surface area contributed by atoms with Crippen molar-refractivity contribution in [2.24, 2.45) is 5.73 Å². The first-order valence-electron chi connectivity index (χ1n) is 5.61. The predicted molar refractivity (Wildman–Crippen MR) is 73.0 cm³/mol. The van der Waals surface area contributed by atoms with Crippen LogP contribution in [-0.4, -0.2) is 0 Å². The van der Waals surface area contributed by atoms with Gasteiger partial charge in [0.1, 0.15) is 0 Å². The molecule has 0 saturated heterocycles. The maximum atomic E-state index is 5.64. The van der Waals surface area contributed by atoms with Crippen LogP contribution in [0.4, 0.5) is 11.4 Å². The van der Waals surface area contributed by atoms with Crippen LogP contribution in [0.1, 0.15) is 6.92 Å². The molecule has 0 saturated carbocycles. The lowest BCUT2D eigenvalue weighted by Crippen LogP contribution is -2.15. The van der Waals surface area contributed by atoms with E-state index in [1.54, 1.807) is 6.20 Å². The van der Waals surface area contributed by atoms with E-state index in [2.05, 4.69) is 29.2 Å². The first-order valence-corrected chi connectivity index (χ1v) is 5.61. The number of para-hydroxylation sites is 2. The second-order valence-electron chi connectivity index (χ2n) is 3.81. The van der Waals surface area contributed by atoms with E-state index >= 15 is 0 Å². The molecule has 0 aliphatic carbocycles. The van der Waals surface area contributed by atoms with Gasteiger partial charge in [-0.1, -0.05) is 36.4 Å². The van der Waals surface area contributed by atoms with E-state index in [9.17, 15) is 0 Å². The summed E-state index contributed by atoms with van der Waals surface area (Å²) >= 11 is 0. The van der Waals surface area contributed by atoms with Crippen LogP contribution in [0.5, 0.6) is 0 Å². The summed E-state index contributed by atoms with van der Waals surface area (Å²) in [6.45, 7) is 2.00. The zero-order chi connectivity index (χ0) is 12.1. The Morgan fingerprint density at radius 1 is 0.882 bits per heavy atom. The van der Waals surface area contributed by atoms with E-state index in [-0.39, 0.29) is 0 Å². The molecular formula is C15H16N2. The molecule has 2 N–H and O–H groups in total. The summed E-state index contributed by atoms with van der Waals surface area (Å²) in [7, 11) is 0. The Bertz CT molecular complexity index is 449. The molecule has 2 heteroatoms. The molecule has 0 atom stereocenters. The van der Waals surface area contributed by atoms with Crippen molar-refractivity contribution in [3.05, 3.63) is 72.6 Å². The molecule has 0 fully saturated rings. The highest BCUT2D eigenvalue weighted by Gasteiger charge is 2.09. The number of benzene rings is 2. The highest BCUT2D eigenvalue weighted by Crippen LogP contribution is 2.28. The van der Waals surface area contributed by atoms with Crippen molar-refractivity contribution in [3.63, 3.8) is 0 Å². The minimum atomic E-state index is 1.00. The molecule has 2 nitrogen and oxygen atoms in total. The Morgan fingerprint density at radius 3 is 1.65 bits per heavy atom. The number of nitrogens with two attached hydrogens (primary N) is 1. The molecular weight excluding hydrogens is 208 g/mol. The molecule has 0 bridgehead atoms. The van der Waals surface area contributed by atoms with E-state index in [0.29, 0.717) is 0 Å². The van der Waals surface area contributed by atoms with Crippen LogP contribution < -0.4 is 10.6 Å². The van der Waals surface area contributed by atoms with Gasteiger partial charge in [-0.2, -0.15) is 0 Å². The second-order valence-corrected chi connectivity index (χ2v) is 3.81. The molecule has 0 aliphatic heterocycles. The summed E-state index contributed by atoms with van der Waals surface area (Å²) in [5.41, 5.74) is 8.86. The third-order valence-corrected chi connectivity index (χ3v) is 2.62. The fraction of sp³-hybridized carbons (Fsp3) is 0.0667. The molecule has 0 heterocycles. The summed E-state index contributed by atoms with van der Waals surface area (Å²) < 4.78 is 0. The maximum absolute atomic E-state index is 5.64. The summed E-state index contributed by atoms with van der Waals surface area (Å²) in [4.78, 5) is 2.12. The standard InChI is InChI=1S/C15H16N2/c1-13(12-16)17(14-8-4-2-5-9-14)15-10-6-3-7-11-15/h2-12H,16H2,1H3/b13-12+. The highest BCUT2D eigenvalue weighted by molar-refractivity contribution is 5.67. The van der Waals surface area contributed by atoms with Gasteiger partial charge in [0.15, 0.2) is 0 Å². The fourth-order valence-corrected chi connectivity index (χ4v) is 1.79. The van der Waals surface area contributed by atoms with Gasteiger partial charge in [-0.25, -0.2) is 0 Å². The quantitative estimate of drug-likeness (QED) is 0.862. The molecule has 2 aromatic carbocycles. The predicted octanol–water partition coefficient (Wildman–Crippen LogP) is 3.64. The summed E-state index contributed by atoms with van der Waals surface area (Å²) in [5, 5.41) is 0. The molecule has 86 valence electrons. The molecule has 0 amide bonds. The Kier molecular flexibility index (Phi) is 3.46. The lowest BCUT2D eigenvalue weighted by molar-refractivity contribution is 1.14. The summed E-state index contributed by atoms with van der Waals surface area (Å²) in [6.07, 6.45) is 1.62. The van der Waals surface area contributed by atoms with Crippen molar-refractivity contribution in [2.75, 3.05) is 4.90 Å². The molecule has 0 aromatic heterocycles.